The smallest absolute Gasteiger partial charge is 0.176 e. The largest absolute Gasteiger partial charge is 0.351 e. The van der Waals surface area contributed by atoms with Crippen molar-refractivity contribution in [3.63, 3.8) is 0 Å². The molecule has 0 unspecified atom stereocenters. The van der Waals surface area contributed by atoms with Gasteiger partial charge in [-0.25, -0.2) is 0 Å². The van der Waals surface area contributed by atoms with E-state index in [4.69, 9.17) is 9.47 Å². The zero-order valence-corrected chi connectivity index (χ0v) is 10.0. The fourth-order valence-corrected chi connectivity index (χ4v) is 1.44. The Morgan fingerprint density at radius 1 is 1.43 bits per heavy atom. The zero-order chi connectivity index (χ0) is 10.4. The number of hydrogen-bond acceptors (Lipinski definition) is 3. The Morgan fingerprint density at radius 2 is 2.07 bits per heavy atom. The van der Waals surface area contributed by atoms with Crippen LogP contribution in [0.1, 0.15) is 13.8 Å². The van der Waals surface area contributed by atoms with E-state index in [1.165, 1.54) is 0 Å². The molecule has 4 nitrogen and oxygen atoms in total. The van der Waals surface area contributed by atoms with Crippen molar-refractivity contribution in [2.24, 2.45) is 0 Å². The Hall–Kier alpha value is -0.390. The lowest BCUT2D eigenvalue weighted by Crippen LogP contribution is -2.23. The summed E-state index contributed by atoms with van der Waals surface area (Å²) in [5, 5.41) is 4.19. The molecule has 0 amide bonds. The van der Waals surface area contributed by atoms with Gasteiger partial charge in [0.1, 0.15) is 4.60 Å². The summed E-state index contributed by atoms with van der Waals surface area (Å²) in [6.45, 7) is 5.81. The highest BCUT2D eigenvalue weighted by molar-refractivity contribution is 9.10. The highest BCUT2D eigenvalue weighted by Gasteiger charge is 2.09. The molecule has 0 spiro atoms. The highest BCUT2D eigenvalue weighted by atomic mass is 79.9. The summed E-state index contributed by atoms with van der Waals surface area (Å²) in [5.74, 6) is 0. The molecule has 1 heterocycles. The maximum absolute atomic E-state index is 5.40. The number of halogens is 1. The van der Waals surface area contributed by atoms with Crippen molar-refractivity contribution in [3.05, 3.63) is 16.9 Å². The van der Waals surface area contributed by atoms with Crippen LogP contribution in [0.2, 0.25) is 0 Å². The number of hydrogen-bond donors (Lipinski definition) is 0. The first-order chi connectivity index (χ1) is 6.76. The van der Waals surface area contributed by atoms with E-state index in [0.717, 1.165) is 4.60 Å². The van der Waals surface area contributed by atoms with Crippen LogP contribution in [-0.4, -0.2) is 29.3 Å². The topological polar surface area (TPSA) is 36.3 Å². The van der Waals surface area contributed by atoms with Crippen LogP contribution in [0, 0.1) is 0 Å². The van der Waals surface area contributed by atoms with Crippen LogP contribution in [0.4, 0.5) is 0 Å². The van der Waals surface area contributed by atoms with Crippen LogP contribution in [-0.2, 0) is 16.0 Å². The van der Waals surface area contributed by atoms with Gasteiger partial charge in [-0.3, -0.25) is 4.68 Å². The van der Waals surface area contributed by atoms with Crippen LogP contribution >= 0.6 is 15.9 Å². The van der Waals surface area contributed by atoms with Crippen LogP contribution in [0.3, 0.4) is 0 Å². The zero-order valence-electron chi connectivity index (χ0n) is 8.44. The van der Waals surface area contributed by atoms with Crippen LogP contribution in [0.5, 0.6) is 0 Å². The molecular formula is C9H15BrN2O2. The van der Waals surface area contributed by atoms with Gasteiger partial charge < -0.3 is 9.47 Å². The van der Waals surface area contributed by atoms with E-state index in [1.807, 2.05) is 26.1 Å². The average molecular weight is 263 g/mol. The standard InChI is InChI=1S/C9H15BrN2O2/c1-3-13-9(14-4-2)7-12-6-5-8(10)11-12/h5-6,9H,3-4,7H2,1-2H3. The predicted molar refractivity (Wildman–Crippen MR) is 57.0 cm³/mol. The first-order valence-corrected chi connectivity index (χ1v) is 5.47. The Balaban J connectivity index is 2.46. The molecule has 0 bridgehead atoms. The number of rotatable bonds is 6. The van der Waals surface area contributed by atoms with Gasteiger partial charge in [-0.05, 0) is 35.8 Å². The molecule has 1 rings (SSSR count). The van der Waals surface area contributed by atoms with Crippen molar-refractivity contribution in [1.82, 2.24) is 9.78 Å². The molecule has 0 saturated heterocycles. The van der Waals surface area contributed by atoms with E-state index >= 15 is 0 Å². The number of ether oxygens (including phenoxy) is 2. The van der Waals surface area contributed by atoms with Gasteiger partial charge in [0.25, 0.3) is 0 Å². The molecule has 5 heteroatoms. The van der Waals surface area contributed by atoms with Gasteiger partial charge in [-0.1, -0.05) is 0 Å². The first kappa shape index (κ1) is 11.7. The minimum Gasteiger partial charge on any atom is -0.351 e. The molecule has 0 atom stereocenters. The van der Waals surface area contributed by atoms with Crippen molar-refractivity contribution in [2.75, 3.05) is 13.2 Å². The van der Waals surface area contributed by atoms with Gasteiger partial charge in [0.15, 0.2) is 6.29 Å². The van der Waals surface area contributed by atoms with Gasteiger partial charge >= 0.3 is 0 Å². The molecule has 0 fully saturated rings. The molecule has 0 saturated carbocycles. The summed E-state index contributed by atoms with van der Waals surface area (Å²) in [6.07, 6.45) is 1.67. The second-order valence-electron chi connectivity index (χ2n) is 2.70. The molecule has 0 aliphatic rings. The highest BCUT2D eigenvalue weighted by Crippen LogP contribution is 2.06. The van der Waals surface area contributed by atoms with E-state index in [0.29, 0.717) is 19.8 Å². The second-order valence-corrected chi connectivity index (χ2v) is 3.51. The Morgan fingerprint density at radius 3 is 2.50 bits per heavy atom. The Kier molecular flexibility index (Phi) is 5.14. The molecule has 14 heavy (non-hydrogen) atoms. The monoisotopic (exact) mass is 262 g/mol. The number of nitrogens with zero attached hydrogens (tertiary/aromatic N) is 2. The normalized spacial score (nSPS) is 11.1. The van der Waals surface area contributed by atoms with Crippen LogP contribution in [0.25, 0.3) is 0 Å². The molecule has 80 valence electrons. The third kappa shape index (κ3) is 3.77. The third-order valence-corrected chi connectivity index (χ3v) is 2.07. The van der Waals surface area contributed by atoms with Crippen molar-refractivity contribution >= 4 is 15.9 Å². The van der Waals surface area contributed by atoms with E-state index < -0.39 is 0 Å². The number of aromatic nitrogens is 2. The lowest BCUT2D eigenvalue weighted by molar-refractivity contribution is -0.144. The van der Waals surface area contributed by atoms with Crippen molar-refractivity contribution in [1.29, 1.82) is 0 Å². The van der Waals surface area contributed by atoms with Crippen molar-refractivity contribution in [3.8, 4) is 0 Å². The lowest BCUT2D eigenvalue weighted by atomic mass is 10.6. The summed E-state index contributed by atoms with van der Waals surface area (Å²) < 4.78 is 13.4. The van der Waals surface area contributed by atoms with Crippen molar-refractivity contribution < 1.29 is 9.47 Å². The average Bonchev–Trinajstić information content (AvgIpc) is 2.52. The summed E-state index contributed by atoms with van der Waals surface area (Å²) in [7, 11) is 0. The van der Waals surface area contributed by atoms with Gasteiger partial charge in [0, 0.05) is 19.4 Å². The molecule has 0 radical (unpaired) electrons. The second kappa shape index (κ2) is 6.16. The maximum atomic E-state index is 5.40. The molecule has 0 aliphatic heterocycles. The van der Waals surface area contributed by atoms with Gasteiger partial charge in [0.05, 0.1) is 6.54 Å². The minimum absolute atomic E-state index is 0.211. The van der Waals surface area contributed by atoms with E-state index in [1.54, 1.807) is 4.68 Å². The molecule has 1 aromatic heterocycles. The fourth-order valence-electron chi connectivity index (χ4n) is 1.12. The summed E-state index contributed by atoms with van der Waals surface area (Å²) in [4.78, 5) is 0. The molecular weight excluding hydrogens is 248 g/mol. The molecule has 0 N–H and O–H groups in total. The summed E-state index contributed by atoms with van der Waals surface area (Å²) in [6, 6.07) is 1.88. The van der Waals surface area contributed by atoms with E-state index in [9.17, 15) is 0 Å². The first-order valence-electron chi connectivity index (χ1n) is 4.68. The maximum Gasteiger partial charge on any atom is 0.176 e. The fraction of sp³-hybridized carbons (Fsp3) is 0.667. The lowest BCUT2D eigenvalue weighted by Gasteiger charge is -2.16. The molecule has 1 aromatic rings. The molecule has 0 aliphatic carbocycles. The SMILES string of the molecule is CCOC(Cn1ccc(Br)n1)OCC. The van der Waals surface area contributed by atoms with Gasteiger partial charge in [-0.2, -0.15) is 5.10 Å². The summed E-state index contributed by atoms with van der Waals surface area (Å²) in [5.41, 5.74) is 0. The summed E-state index contributed by atoms with van der Waals surface area (Å²) >= 11 is 3.29. The van der Waals surface area contributed by atoms with Crippen molar-refractivity contribution in [2.45, 2.75) is 26.7 Å². The Labute approximate surface area is 92.3 Å². The minimum atomic E-state index is -0.211. The van der Waals surface area contributed by atoms with Gasteiger partial charge in [0.2, 0.25) is 0 Å². The molecule has 0 aromatic carbocycles. The third-order valence-electron chi connectivity index (χ3n) is 1.65. The van der Waals surface area contributed by atoms with Crippen LogP contribution < -0.4 is 0 Å². The quantitative estimate of drug-likeness (QED) is 0.737. The Bertz CT molecular complexity index is 259. The van der Waals surface area contributed by atoms with Gasteiger partial charge in [-0.15, -0.1) is 0 Å². The van der Waals surface area contributed by atoms with E-state index in [-0.39, 0.29) is 6.29 Å². The predicted octanol–water partition coefficient (Wildman–Crippen LogP) is 2.04. The van der Waals surface area contributed by atoms with E-state index in [2.05, 4.69) is 21.0 Å². The van der Waals surface area contributed by atoms with Crippen LogP contribution in [0.15, 0.2) is 16.9 Å².